The summed E-state index contributed by atoms with van der Waals surface area (Å²) in [6.45, 7) is 5.20. The van der Waals surface area contributed by atoms with E-state index >= 15 is 0 Å². The molecule has 2 aromatic rings. The Kier molecular flexibility index (Phi) is 6.74. The minimum atomic E-state index is -3.46. The molecule has 0 N–H and O–H groups in total. The number of para-hydroxylation sites is 1. The highest BCUT2D eigenvalue weighted by molar-refractivity contribution is 7.89. The first-order valence-electron chi connectivity index (χ1n) is 9.64. The smallest absolute Gasteiger partial charge is 0.243 e. The molecule has 0 radical (unpaired) electrons. The van der Waals surface area contributed by atoms with Crippen LogP contribution in [0.3, 0.4) is 0 Å². The molecular weight excluding hydrogens is 360 g/mol. The predicted octanol–water partition coefficient (Wildman–Crippen LogP) is 3.77. The molecule has 0 aromatic heterocycles. The molecule has 1 aliphatic rings. The second-order valence-electron chi connectivity index (χ2n) is 6.75. The van der Waals surface area contributed by atoms with Gasteiger partial charge in [-0.1, -0.05) is 38.0 Å². The van der Waals surface area contributed by atoms with E-state index in [1.165, 1.54) is 0 Å². The molecule has 1 aliphatic heterocycles. The van der Waals surface area contributed by atoms with Gasteiger partial charge in [-0.05, 0) is 42.8 Å². The summed E-state index contributed by atoms with van der Waals surface area (Å²) in [7, 11) is -3.46. The van der Waals surface area contributed by atoms with E-state index in [-0.39, 0.29) is 0 Å². The van der Waals surface area contributed by atoms with Crippen molar-refractivity contribution in [1.82, 2.24) is 4.31 Å². The highest BCUT2D eigenvalue weighted by atomic mass is 32.2. The first kappa shape index (κ1) is 19.7. The van der Waals surface area contributed by atoms with Crippen LogP contribution < -0.4 is 9.64 Å². The number of anilines is 1. The van der Waals surface area contributed by atoms with Crippen LogP contribution in [0, 0.1) is 0 Å². The fourth-order valence-electron chi connectivity index (χ4n) is 3.22. The molecule has 0 saturated carbocycles. The molecule has 2 aromatic carbocycles. The molecule has 27 heavy (non-hydrogen) atoms. The van der Waals surface area contributed by atoms with Crippen LogP contribution in [0.4, 0.5) is 5.69 Å². The Balaban J connectivity index is 1.58. The summed E-state index contributed by atoms with van der Waals surface area (Å²) in [4.78, 5) is 2.55. The SMILES string of the molecule is CCCCCOc1ccc(S(=O)(=O)N2CCN(c3ccccc3)CC2)cc1. The van der Waals surface area contributed by atoms with Crippen molar-refractivity contribution in [2.24, 2.45) is 0 Å². The molecule has 0 aliphatic carbocycles. The van der Waals surface area contributed by atoms with Gasteiger partial charge in [-0.15, -0.1) is 0 Å². The third-order valence-corrected chi connectivity index (χ3v) is 6.75. The van der Waals surface area contributed by atoms with Gasteiger partial charge in [0.15, 0.2) is 0 Å². The number of hydrogen-bond acceptors (Lipinski definition) is 4. The van der Waals surface area contributed by atoms with Gasteiger partial charge in [0, 0.05) is 31.9 Å². The molecular formula is C21H28N2O3S. The summed E-state index contributed by atoms with van der Waals surface area (Å²) < 4.78 is 33.1. The highest BCUT2D eigenvalue weighted by Gasteiger charge is 2.28. The quantitative estimate of drug-likeness (QED) is 0.646. The molecule has 0 spiro atoms. The number of benzene rings is 2. The molecule has 1 heterocycles. The zero-order valence-corrected chi connectivity index (χ0v) is 16.7. The minimum Gasteiger partial charge on any atom is -0.494 e. The van der Waals surface area contributed by atoms with Crippen molar-refractivity contribution in [3.05, 3.63) is 54.6 Å². The number of hydrogen-bond donors (Lipinski definition) is 0. The average molecular weight is 389 g/mol. The zero-order valence-electron chi connectivity index (χ0n) is 15.9. The fourth-order valence-corrected chi connectivity index (χ4v) is 4.65. The van der Waals surface area contributed by atoms with Crippen LogP contribution in [0.1, 0.15) is 26.2 Å². The lowest BCUT2D eigenvalue weighted by molar-refractivity contribution is 0.306. The van der Waals surface area contributed by atoms with Crippen LogP contribution in [0.15, 0.2) is 59.5 Å². The van der Waals surface area contributed by atoms with E-state index in [4.69, 9.17) is 4.74 Å². The van der Waals surface area contributed by atoms with E-state index in [9.17, 15) is 8.42 Å². The van der Waals surface area contributed by atoms with E-state index in [1.54, 1.807) is 28.6 Å². The van der Waals surface area contributed by atoms with Crippen molar-refractivity contribution in [3.8, 4) is 5.75 Å². The Morgan fingerprint density at radius 2 is 1.56 bits per heavy atom. The van der Waals surface area contributed by atoms with Gasteiger partial charge in [-0.3, -0.25) is 0 Å². The topological polar surface area (TPSA) is 49.9 Å². The van der Waals surface area contributed by atoms with E-state index in [2.05, 4.69) is 24.0 Å². The van der Waals surface area contributed by atoms with Gasteiger partial charge in [0.2, 0.25) is 10.0 Å². The molecule has 5 nitrogen and oxygen atoms in total. The highest BCUT2D eigenvalue weighted by Crippen LogP contribution is 2.23. The first-order valence-corrected chi connectivity index (χ1v) is 11.1. The lowest BCUT2D eigenvalue weighted by atomic mass is 10.2. The van der Waals surface area contributed by atoms with Crippen molar-refractivity contribution in [1.29, 1.82) is 0 Å². The summed E-state index contributed by atoms with van der Waals surface area (Å²) in [5, 5.41) is 0. The summed E-state index contributed by atoms with van der Waals surface area (Å²) in [5.74, 6) is 0.721. The van der Waals surface area contributed by atoms with Crippen LogP contribution in [-0.4, -0.2) is 45.5 Å². The predicted molar refractivity (Wildman–Crippen MR) is 109 cm³/mol. The summed E-state index contributed by atoms with van der Waals surface area (Å²) >= 11 is 0. The number of piperazine rings is 1. The molecule has 146 valence electrons. The van der Waals surface area contributed by atoms with Gasteiger partial charge < -0.3 is 9.64 Å². The molecule has 0 unspecified atom stereocenters. The van der Waals surface area contributed by atoms with Gasteiger partial charge in [-0.25, -0.2) is 8.42 Å². The lowest BCUT2D eigenvalue weighted by Crippen LogP contribution is -2.48. The zero-order chi connectivity index (χ0) is 19.1. The second-order valence-corrected chi connectivity index (χ2v) is 8.69. The van der Waals surface area contributed by atoms with Gasteiger partial charge in [0.25, 0.3) is 0 Å². The van der Waals surface area contributed by atoms with E-state index in [0.29, 0.717) is 37.7 Å². The van der Waals surface area contributed by atoms with Crippen LogP contribution in [-0.2, 0) is 10.0 Å². The normalized spacial score (nSPS) is 15.7. The summed E-state index contributed by atoms with van der Waals surface area (Å²) in [6, 6.07) is 16.9. The molecule has 1 fully saturated rings. The Hall–Kier alpha value is -2.05. The minimum absolute atomic E-state index is 0.330. The Morgan fingerprint density at radius 1 is 0.889 bits per heavy atom. The Morgan fingerprint density at radius 3 is 2.19 bits per heavy atom. The molecule has 1 saturated heterocycles. The van der Waals surface area contributed by atoms with Gasteiger partial charge >= 0.3 is 0 Å². The first-order chi connectivity index (χ1) is 13.1. The summed E-state index contributed by atoms with van der Waals surface area (Å²) in [6.07, 6.45) is 3.31. The van der Waals surface area contributed by atoms with Crippen molar-refractivity contribution in [2.45, 2.75) is 31.1 Å². The number of nitrogens with zero attached hydrogens (tertiary/aromatic N) is 2. The average Bonchev–Trinajstić information content (AvgIpc) is 2.72. The number of unbranched alkanes of at least 4 members (excludes halogenated alkanes) is 2. The van der Waals surface area contributed by atoms with E-state index in [1.807, 2.05) is 18.2 Å². The third kappa shape index (κ3) is 5.02. The van der Waals surface area contributed by atoms with Crippen molar-refractivity contribution < 1.29 is 13.2 Å². The van der Waals surface area contributed by atoms with Crippen LogP contribution in [0.5, 0.6) is 5.75 Å². The molecule has 0 atom stereocenters. The van der Waals surface area contributed by atoms with Crippen molar-refractivity contribution in [3.63, 3.8) is 0 Å². The van der Waals surface area contributed by atoms with E-state index in [0.717, 1.165) is 30.7 Å². The Bertz CT molecular complexity index is 799. The van der Waals surface area contributed by atoms with Crippen LogP contribution in [0.2, 0.25) is 0 Å². The standard InChI is InChI=1S/C21H28N2O3S/c1-2-3-7-18-26-20-10-12-21(13-11-20)27(24,25)23-16-14-22(15-17-23)19-8-5-4-6-9-19/h4-6,8-13H,2-3,7,14-18H2,1H3. The maximum atomic E-state index is 12.9. The van der Waals surface area contributed by atoms with Gasteiger partial charge in [0.1, 0.15) is 5.75 Å². The number of ether oxygens (including phenoxy) is 1. The Labute approximate surface area is 162 Å². The maximum Gasteiger partial charge on any atom is 0.243 e. The molecule has 3 rings (SSSR count). The number of sulfonamides is 1. The van der Waals surface area contributed by atoms with Gasteiger partial charge in [-0.2, -0.15) is 4.31 Å². The molecule has 6 heteroatoms. The summed E-state index contributed by atoms with van der Waals surface area (Å²) in [5.41, 5.74) is 1.14. The van der Waals surface area contributed by atoms with E-state index < -0.39 is 10.0 Å². The van der Waals surface area contributed by atoms with Crippen LogP contribution >= 0.6 is 0 Å². The maximum absolute atomic E-state index is 12.9. The van der Waals surface area contributed by atoms with Crippen molar-refractivity contribution >= 4 is 15.7 Å². The number of rotatable bonds is 8. The fraction of sp³-hybridized carbons (Fsp3) is 0.429. The largest absolute Gasteiger partial charge is 0.494 e. The molecule has 0 amide bonds. The van der Waals surface area contributed by atoms with Gasteiger partial charge in [0.05, 0.1) is 11.5 Å². The second kappa shape index (κ2) is 9.24. The molecule has 0 bridgehead atoms. The third-order valence-electron chi connectivity index (χ3n) is 4.84. The van der Waals surface area contributed by atoms with Crippen LogP contribution in [0.25, 0.3) is 0 Å². The van der Waals surface area contributed by atoms with Crippen molar-refractivity contribution in [2.75, 3.05) is 37.7 Å². The lowest BCUT2D eigenvalue weighted by Gasteiger charge is -2.35. The monoisotopic (exact) mass is 388 g/mol.